The van der Waals surface area contributed by atoms with Crippen LogP contribution in [0.3, 0.4) is 0 Å². The van der Waals surface area contributed by atoms with Crippen LogP contribution < -0.4 is 0 Å². The minimum absolute atomic E-state index is 0.170. The van der Waals surface area contributed by atoms with Gasteiger partial charge >= 0.3 is 5.97 Å². The van der Waals surface area contributed by atoms with Crippen LogP contribution in [0.1, 0.15) is 11.1 Å². The lowest BCUT2D eigenvalue weighted by molar-refractivity contribution is -0.139. The number of nitrogens with zero attached hydrogens (tertiary/aromatic N) is 1. The minimum atomic E-state index is -0.318. The summed E-state index contributed by atoms with van der Waals surface area (Å²) in [7, 11) is 1.34. The van der Waals surface area contributed by atoms with E-state index in [4.69, 9.17) is 5.26 Å². The molecule has 0 N–H and O–H groups in total. The van der Waals surface area contributed by atoms with Crippen molar-refractivity contribution in [1.29, 1.82) is 5.26 Å². The summed E-state index contributed by atoms with van der Waals surface area (Å²) in [6.07, 6.45) is 0.170. The van der Waals surface area contributed by atoms with Crippen LogP contribution in [0.4, 0.5) is 0 Å². The van der Waals surface area contributed by atoms with E-state index < -0.39 is 0 Å². The van der Waals surface area contributed by atoms with Gasteiger partial charge in [0.15, 0.2) is 0 Å². The highest BCUT2D eigenvalue weighted by Gasteiger charge is 2.11. The summed E-state index contributed by atoms with van der Waals surface area (Å²) in [4.78, 5) is 11.1. The molecule has 0 amide bonds. The zero-order valence-electron chi connectivity index (χ0n) is 7.88. The molecular weight excluding hydrogens is 326 g/mol. The van der Waals surface area contributed by atoms with Gasteiger partial charge in [0.2, 0.25) is 0 Å². The lowest BCUT2D eigenvalue weighted by Crippen LogP contribution is -2.05. The number of hydrogen-bond acceptors (Lipinski definition) is 3. The van der Waals surface area contributed by atoms with Crippen LogP contribution >= 0.6 is 31.9 Å². The van der Waals surface area contributed by atoms with Gasteiger partial charge in [0.1, 0.15) is 0 Å². The highest BCUT2D eigenvalue weighted by molar-refractivity contribution is 9.11. The summed E-state index contributed by atoms with van der Waals surface area (Å²) in [5, 5.41) is 8.72. The molecule has 3 nitrogen and oxygen atoms in total. The minimum Gasteiger partial charge on any atom is -0.469 e. The summed E-state index contributed by atoms with van der Waals surface area (Å²) >= 11 is 6.62. The summed E-state index contributed by atoms with van der Waals surface area (Å²) in [6, 6.07) is 5.37. The average molecular weight is 333 g/mol. The van der Waals surface area contributed by atoms with Gasteiger partial charge in [-0.05, 0) is 17.7 Å². The molecule has 1 rings (SSSR count). The molecule has 0 radical (unpaired) electrons. The van der Waals surface area contributed by atoms with Crippen molar-refractivity contribution in [3.63, 3.8) is 0 Å². The van der Waals surface area contributed by atoms with Gasteiger partial charge < -0.3 is 4.74 Å². The SMILES string of the molecule is COC(=O)Cc1c(Br)cc(C#N)cc1Br. The predicted octanol–water partition coefficient (Wildman–Crippen LogP) is 2.80. The molecule has 15 heavy (non-hydrogen) atoms. The third kappa shape index (κ3) is 3.05. The highest BCUT2D eigenvalue weighted by Crippen LogP contribution is 2.27. The maximum absolute atomic E-state index is 11.1. The third-order valence-corrected chi connectivity index (χ3v) is 3.23. The van der Waals surface area contributed by atoms with Crippen LogP contribution in [-0.4, -0.2) is 13.1 Å². The molecule has 0 atom stereocenters. The maximum atomic E-state index is 11.1. The first-order valence-corrected chi connectivity index (χ1v) is 5.62. The van der Waals surface area contributed by atoms with Gasteiger partial charge in [-0.15, -0.1) is 0 Å². The van der Waals surface area contributed by atoms with E-state index in [2.05, 4.69) is 36.6 Å². The first-order valence-electron chi connectivity index (χ1n) is 4.03. The second-order valence-electron chi connectivity index (χ2n) is 2.78. The number of carbonyl (C=O) groups excluding carboxylic acids is 1. The Kier molecular flexibility index (Phi) is 4.30. The molecule has 78 valence electrons. The highest BCUT2D eigenvalue weighted by atomic mass is 79.9. The number of benzene rings is 1. The largest absolute Gasteiger partial charge is 0.469 e. The molecule has 5 heteroatoms. The smallest absolute Gasteiger partial charge is 0.310 e. The van der Waals surface area contributed by atoms with Gasteiger partial charge in [0.25, 0.3) is 0 Å². The summed E-state index contributed by atoms with van der Waals surface area (Å²) in [6.45, 7) is 0. The molecule has 0 heterocycles. The lowest BCUT2D eigenvalue weighted by Gasteiger charge is -2.06. The van der Waals surface area contributed by atoms with Crippen molar-refractivity contribution in [3.05, 3.63) is 32.2 Å². The Morgan fingerprint density at radius 3 is 2.40 bits per heavy atom. The average Bonchev–Trinajstić information content (AvgIpc) is 2.22. The molecule has 0 fully saturated rings. The van der Waals surface area contributed by atoms with Crippen LogP contribution in [0.15, 0.2) is 21.1 Å². The van der Waals surface area contributed by atoms with Crippen molar-refractivity contribution in [3.8, 4) is 6.07 Å². The van der Waals surface area contributed by atoms with Gasteiger partial charge in [0.05, 0.1) is 25.2 Å². The Labute approximate surface area is 104 Å². The number of ether oxygens (including phenoxy) is 1. The maximum Gasteiger partial charge on any atom is 0.310 e. The first-order chi connectivity index (χ1) is 7.08. The van der Waals surface area contributed by atoms with Crippen molar-refractivity contribution in [2.75, 3.05) is 7.11 Å². The first kappa shape index (κ1) is 12.2. The van der Waals surface area contributed by atoms with Crippen LogP contribution in [0.5, 0.6) is 0 Å². The van der Waals surface area contributed by atoms with E-state index in [1.54, 1.807) is 12.1 Å². The molecule has 0 spiro atoms. The van der Waals surface area contributed by atoms with E-state index in [1.165, 1.54) is 7.11 Å². The van der Waals surface area contributed by atoms with Gasteiger partial charge in [-0.3, -0.25) is 4.79 Å². The quantitative estimate of drug-likeness (QED) is 0.782. The Hall–Kier alpha value is -0.860. The summed E-state index contributed by atoms with van der Waals surface area (Å²) < 4.78 is 6.02. The topological polar surface area (TPSA) is 50.1 Å². The molecule has 0 bridgehead atoms. The van der Waals surface area contributed by atoms with E-state index in [1.807, 2.05) is 6.07 Å². The fourth-order valence-corrected chi connectivity index (χ4v) is 2.52. The van der Waals surface area contributed by atoms with Crippen molar-refractivity contribution >= 4 is 37.8 Å². The second-order valence-corrected chi connectivity index (χ2v) is 4.49. The molecule has 0 unspecified atom stereocenters. The fraction of sp³-hybridized carbons (Fsp3) is 0.200. The lowest BCUT2D eigenvalue weighted by atomic mass is 10.1. The van der Waals surface area contributed by atoms with Crippen LogP contribution in [0, 0.1) is 11.3 Å². The molecule has 1 aromatic rings. The molecule has 0 saturated carbocycles. The van der Waals surface area contributed by atoms with Crippen molar-refractivity contribution in [1.82, 2.24) is 0 Å². The number of esters is 1. The zero-order chi connectivity index (χ0) is 11.4. The van der Waals surface area contributed by atoms with Crippen molar-refractivity contribution < 1.29 is 9.53 Å². The fourth-order valence-electron chi connectivity index (χ4n) is 1.05. The van der Waals surface area contributed by atoms with E-state index >= 15 is 0 Å². The van der Waals surface area contributed by atoms with Gasteiger partial charge in [0, 0.05) is 8.95 Å². The zero-order valence-corrected chi connectivity index (χ0v) is 11.1. The Morgan fingerprint density at radius 1 is 1.47 bits per heavy atom. The standard InChI is InChI=1S/C10H7Br2NO2/c1-15-10(14)4-7-8(11)2-6(5-13)3-9(7)12/h2-3H,4H2,1H3. The van der Waals surface area contributed by atoms with Crippen LogP contribution in [0.25, 0.3) is 0 Å². The number of hydrogen-bond donors (Lipinski definition) is 0. The van der Waals surface area contributed by atoms with Crippen LogP contribution in [0.2, 0.25) is 0 Å². The number of nitriles is 1. The van der Waals surface area contributed by atoms with Crippen molar-refractivity contribution in [2.45, 2.75) is 6.42 Å². The number of methoxy groups -OCH3 is 1. The van der Waals surface area contributed by atoms with Crippen molar-refractivity contribution in [2.24, 2.45) is 0 Å². The van der Waals surface area contributed by atoms with Gasteiger partial charge in [-0.2, -0.15) is 5.26 Å². The summed E-state index contributed by atoms with van der Waals surface area (Å²) in [5.74, 6) is -0.318. The normalized spacial score (nSPS) is 9.47. The van der Waals surface area contributed by atoms with E-state index in [0.717, 1.165) is 14.5 Å². The van der Waals surface area contributed by atoms with E-state index in [9.17, 15) is 4.79 Å². The Bertz CT molecular complexity index is 415. The predicted molar refractivity (Wildman–Crippen MR) is 62.3 cm³/mol. The Morgan fingerprint density at radius 2 is 2.00 bits per heavy atom. The number of rotatable bonds is 2. The molecule has 0 aliphatic rings. The van der Waals surface area contributed by atoms with Gasteiger partial charge in [-0.1, -0.05) is 31.9 Å². The molecule has 0 saturated heterocycles. The number of carbonyl (C=O) groups is 1. The van der Waals surface area contributed by atoms with Gasteiger partial charge in [-0.25, -0.2) is 0 Å². The summed E-state index contributed by atoms with van der Waals surface area (Å²) in [5.41, 5.74) is 1.31. The second kappa shape index (κ2) is 5.29. The molecular formula is C10H7Br2NO2. The van der Waals surface area contributed by atoms with Crippen LogP contribution in [-0.2, 0) is 16.0 Å². The molecule has 1 aromatic carbocycles. The molecule has 0 aliphatic heterocycles. The third-order valence-electron chi connectivity index (χ3n) is 1.82. The molecule has 0 aromatic heterocycles. The van der Waals surface area contributed by atoms with E-state index in [-0.39, 0.29) is 12.4 Å². The molecule has 0 aliphatic carbocycles. The van der Waals surface area contributed by atoms with E-state index in [0.29, 0.717) is 5.56 Å². The number of halogens is 2. The monoisotopic (exact) mass is 331 g/mol. The Balaban J connectivity index is 3.10.